The molecule has 0 radical (unpaired) electrons. The Morgan fingerprint density at radius 1 is 0.807 bits per heavy atom. The molecule has 0 unspecified atom stereocenters. The van der Waals surface area contributed by atoms with E-state index in [2.05, 4.69) is 58.5 Å². The summed E-state index contributed by atoms with van der Waals surface area (Å²) < 4.78 is 13.4. The molecule has 1 aromatic heterocycles. The van der Waals surface area contributed by atoms with Gasteiger partial charge in [-0.25, -0.2) is 4.79 Å². The van der Waals surface area contributed by atoms with Crippen molar-refractivity contribution in [2.45, 2.75) is 84.8 Å². The first kappa shape index (κ1) is 40.3. The molecule has 0 aliphatic carbocycles. The van der Waals surface area contributed by atoms with Crippen molar-refractivity contribution in [2.24, 2.45) is 7.05 Å². The molecule has 1 fully saturated rings. The van der Waals surface area contributed by atoms with E-state index >= 15 is 4.79 Å². The summed E-state index contributed by atoms with van der Waals surface area (Å²) in [5.74, 6) is 0.517. The lowest BCUT2D eigenvalue weighted by Gasteiger charge is -2.39. The SMILES string of the molecule is CCCCN(CCCC)C(=O)c1cc(-c2cc3c(cc2C(=O)N2Cc4ccccc4C[C@H]2CCN2CCOCC2)CN(C(=O)Oc2ccccc2)CC3)n(C)c1C. The van der Waals surface area contributed by atoms with Crippen LogP contribution in [0, 0.1) is 6.92 Å². The number of unbranched alkanes of at least 4 members (excludes halogenated alkanes) is 2. The summed E-state index contributed by atoms with van der Waals surface area (Å²) in [7, 11) is 2.00. The number of benzene rings is 3. The molecule has 3 amide bonds. The average Bonchev–Trinajstić information content (AvgIpc) is 3.54. The van der Waals surface area contributed by atoms with Gasteiger partial charge in [0.05, 0.1) is 18.8 Å². The predicted molar refractivity (Wildman–Crippen MR) is 224 cm³/mol. The maximum absolute atomic E-state index is 15.4. The molecule has 302 valence electrons. The van der Waals surface area contributed by atoms with E-state index < -0.39 is 6.09 Å². The van der Waals surface area contributed by atoms with Gasteiger partial charge in [0.1, 0.15) is 5.75 Å². The van der Waals surface area contributed by atoms with Gasteiger partial charge in [-0.2, -0.15) is 0 Å². The number of hydrogen-bond donors (Lipinski definition) is 0. The third-order valence-electron chi connectivity index (χ3n) is 12.2. The van der Waals surface area contributed by atoms with E-state index in [4.69, 9.17) is 9.47 Å². The number of nitrogens with zero attached hydrogens (tertiary/aromatic N) is 5. The second-order valence-electron chi connectivity index (χ2n) is 15.9. The molecule has 10 heteroatoms. The minimum absolute atomic E-state index is 0.00875. The van der Waals surface area contributed by atoms with Crippen LogP contribution in [0.5, 0.6) is 5.75 Å². The van der Waals surface area contributed by atoms with Crippen LogP contribution in [-0.4, -0.2) is 101 Å². The van der Waals surface area contributed by atoms with E-state index in [0.717, 1.165) is 113 Å². The van der Waals surface area contributed by atoms with Crippen LogP contribution in [0.2, 0.25) is 0 Å². The lowest BCUT2D eigenvalue weighted by molar-refractivity contribution is 0.0308. The molecule has 10 nitrogen and oxygen atoms in total. The first-order chi connectivity index (χ1) is 27.7. The molecule has 4 heterocycles. The van der Waals surface area contributed by atoms with Crippen molar-refractivity contribution in [2.75, 3.05) is 52.5 Å². The quantitative estimate of drug-likeness (QED) is 0.137. The first-order valence-electron chi connectivity index (χ1n) is 21.1. The number of morpholine rings is 1. The molecule has 57 heavy (non-hydrogen) atoms. The Morgan fingerprint density at radius 3 is 2.23 bits per heavy atom. The van der Waals surface area contributed by atoms with Crippen molar-refractivity contribution in [3.63, 3.8) is 0 Å². The van der Waals surface area contributed by atoms with Crippen molar-refractivity contribution < 1.29 is 23.9 Å². The summed E-state index contributed by atoms with van der Waals surface area (Å²) in [5.41, 5.74) is 8.33. The third kappa shape index (κ3) is 9.13. The lowest BCUT2D eigenvalue weighted by atomic mass is 9.88. The zero-order valence-corrected chi connectivity index (χ0v) is 34.3. The largest absolute Gasteiger partial charge is 0.415 e. The van der Waals surface area contributed by atoms with Crippen LogP contribution in [0.15, 0.2) is 72.8 Å². The van der Waals surface area contributed by atoms with Gasteiger partial charge < -0.3 is 28.7 Å². The molecular formula is C47H59N5O5. The molecule has 0 spiro atoms. The number of carbonyl (C=O) groups excluding carboxylic acids is 3. The van der Waals surface area contributed by atoms with Gasteiger partial charge in [0.15, 0.2) is 0 Å². The highest BCUT2D eigenvalue weighted by Gasteiger charge is 2.34. The molecule has 3 aliphatic rings. The molecular weight excluding hydrogens is 715 g/mol. The van der Waals surface area contributed by atoms with Crippen molar-refractivity contribution in [3.8, 4) is 17.0 Å². The minimum Gasteiger partial charge on any atom is -0.410 e. The minimum atomic E-state index is -0.406. The Balaban J connectivity index is 1.27. The summed E-state index contributed by atoms with van der Waals surface area (Å²) in [5, 5.41) is 0. The third-order valence-corrected chi connectivity index (χ3v) is 12.2. The monoisotopic (exact) mass is 773 g/mol. The topological polar surface area (TPSA) is 87.6 Å². The van der Waals surface area contributed by atoms with Gasteiger partial charge in [-0.05, 0) is 91.6 Å². The van der Waals surface area contributed by atoms with Crippen LogP contribution in [0.1, 0.15) is 94.6 Å². The lowest BCUT2D eigenvalue weighted by Crippen LogP contribution is -2.47. The van der Waals surface area contributed by atoms with Gasteiger partial charge in [-0.1, -0.05) is 69.2 Å². The second-order valence-corrected chi connectivity index (χ2v) is 15.9. The van der Waals surface area contributed by atoms with Crippen molar-refractivity contribution in [1.29, 1.82) is 0 Å². The van der Waals surface area contributed by atoms with Gasteiger partial charge in [0.2, 0.25) is 0 Å². The Bertz CT molecular complexity index is 2030. The molecule has 4 aromatic rings. The van der Waals surface area contributed by atoms with E-state index in [1.54, 1.807) is 17.0 Å². The zero-order chi connectivity index (χ0) is 39.9. The molecule has 7 rings (SSSR count). The Hall–Kier alpha value is -4.93. The molecule has 3 aliphatic heterocycles. The fraction of sp³-hybridized carbons (Fsp3) is 0.468. The maximum Gasteiger partial charge on any atom is 0.415 e. The highest BCUT2D eigenvalue weighted by molar-refractivity contribution is 6.03. The van der Waals surface area contributed by atoms with Crippen LogP contribution >= 0.6 is 0 Å². The summed E-state index contributed by atoms with van der Waals surface area (Å²) in [6.45, 7) is 13.3. The first-order valence-corrected chi connectivity index (χ1v) is 21.1. The molecule has 0 bridgehead atoms. The van der Waals surface area contributed by atoms with Crippen LogP contribution in [-0.2, 0) is 37.7 Å². The smallest absolute Gasteiger partial charge is 0.410 e. The van der Waals surface area contributed by atoms with Gasteiger partial charge >= 0.3 is 6.09 Å². The highest BCUT2D eigenvalue weighted by atomic mass is 16.6. The molecule has 3 aromatic carbocycles. The second kappa shape index (κ2) is 18.6. The fourth-order valence-corrected chi connectivity index (χ4v) is 8.56. The van der Waals surface area contributed by atoms with Crippen molar-refractivity contribution in [1.82, 2.24) is 24.2 Å². The number of para-hydroxylation sites is 1. The number of rotatable bonds is 13. The van der Waals surface area contributed by atoms with Gasteiger partial charge in [0.25, 0.3) is 11.8 Å². The normalized spacial score (nSPS) is 16.9. The standard InChI is InChI=1S/C47H59N5O5/c1-5-7-20-50(21-8-6-2)45(53)41-31-44(48(4)34(41)3)42-29-36-18-23-51(47(55)57-40-16-10-9-11-17-40)32-38(36)30-43(42)46(54)52-33-37-15-13-12-14-35(37)28-39(52)19-22-49-24-26-56-27-25-49/h9-17,29-31,39H,5-8,18-28,32-33H2,1-4H3/t39-/m1/s1. The molecule has 1 atom stereocenters. The van der Waals surface area contributed by atoms with Crippen molar-refractivity contribution >= 4 is 17.9 Å². The molecule has 0 N–H and O–H groups in total. The Morgan fingerprint density at radius 2 is 1.51 bits per heavy atom. The van der Waals surface area contributed by atoms with Crippen LogP contribution < -0.4 is 4.74 Å². The summed E-state index contributed by atoms with van der Waals surface area (Å²) in [6, 6.07) is 23.8. The number of carbonyl (C=O) groups is 3. The molecule has 1 saturated heterocycles. The number of aromatic nitrogens is 1. The zero-order valence-electron chi connectivity index (χ0n) is 34.3. The van der Waals surface area contributed by atoms with Crippen LogP contribution in [0.25, 0.3) is 11.3 Å². The highest BCUT2D eigenvalue weighted by Crippen LogP contribution is 2.36. The fourth-order valence-electron chi connectivity index (χ4n) is 8.56. The maximum atomic E-state index is 15.4. The van der Waals surface area contributed by atoms with E-state index in [1.165, 1.54) is 11.1 Å². The van der Waals surface area contributed by atoms with E-state index in [9.17, 15) is 9.59 Å². The summed E-state index contributed by atoms with van der Waals surface area (Å²) in [6.07, 6.45) is 5.81. The number of hydrogen-bond acceptors (Lipinski definition) is 6. The van der Waals surface area contributed by atoms with E-state index in [0.29, 0.717) is 42.9 Å². The van der Waals surface area contributed by atoms with Gasteiger partial charge in [-0.3, -0.25) is 14.5 Å². The Labute approximate surface area is 338 Å². The molecule has 0 saturated carbocycles. The summed E-state index contributed by atoms with van der Waals surface area (Å²) in [4.78, 5) is 51.3. The Kier molecular flexibility index (Phi) is 13.1. The predicted octanol–water partition coefficient (Wildman–Crippen LogP) is 7.89. The van der Waals surface area contributed by atoms with E-state index in [1.807, 2.05) is 49.2 Å². The average molecular weight is 774 g/mol. The van der Waals surface area contributed by atoms with E-state index in [-0.39, 0.29) is 17.9 Å². The number of ether oxygens (including phenoxy) is 2. The van der Waals surface area contributed by atoms with Crippen molar-refractivity contribution in [3.05, 3.63) is 112 Å². The van der Waals surface area contributed by atoms with Crippen LogP contribution in [0.4, 0.5) is 4.79 Å². The number of fused-ring (bicyclic) bond motifs is 2. The number of amides is 3. The summed E-state index contributed by atoms with van der Waals surface area (Å²) >= 11 is 0. The van der Waals surface area contributed by atoms with Gasteiger partial charge in [-0.15, -0.1) is 0 Å². The van der Waals surface area contributed by atoms with Crippen LogP contribution in [0.3, 0.4) is 0 Å². The van der Waals surface area contributed by atoms with Gasteiger partial charge in [0, 0.05) is 88.0 Å².